The SMILES string of the molecule is Cc1ccc(-n2c(C)cc(C(=O)CNCc3cccc(C)c3)c2C)cc1. The second-order valence-corrected chi connectivity index (χ2v) is 6.97. The predicted octanol–water partition coefficient (Wildman–Crippen LogP) is 4.68. The Morgan fingerprint density at radius 2 is 1.65 bits per heavy atom. The zero-order chi connectivity index (χ0) is 18.7. The van der Waals surface area contributed by atoms with Gasteiger partial charge in [-0.3, -0.25) is 4.79 Å². The van der Waals surface area contributed by atoms with Crippen molar-refractivity contribution in [3.63, 3.8) is 0 Å². The molecule has 0 radical (unpaired) electrons. The van der Waals surface area contributed by atoms with E-state index in [2.05, 4.69) is 66.2 Å². The Balaban J connectivity index is 1.72. The van der Waals surface area contributed by atoms with Gasteiger partial charge in [0.05, 0.1) is 6.54 Å². The fourth-order valence-corrected chi connectivity index (χ4v) is 3.37. The molecular weight excluding hydrogens is 320 g/mol. The first-order valence-electron chi connectivity index (χ1n) is 9.01. The van der Waals surface area contributed by atoms with E-state index in [1.807, 2.05) is 26.0 Å². The van der Waals surface area contributed by atoms with Crippen LogP contribution >= 0.6 is 0 Å². The number of rotatable bonds is 6. The fraction of sp³-hybridized carbons (Fsp3) is 0.261. The summed E-state index contributed by atoms with van der Waals surface area (Å²) in [5.74, 6) is 0.129. The van der Waals surface area contributed by atoms with Crippen molar-refractivity contribution in [1.82, 2.24) is 9.88 Å². The van der Waals surface area contributed by atoms with Crippen LogP contribution in [0.25, 0.3) is 5.69 Å². The van der Waals surface area contributed by atoms with Crippen molar-refractivity contribution in [1.29, 1.82) is 0 Å². The lowest BCUT2D eigenvalue weighted by Gasteiger charge is -2.10. The van der Waals surface area contributed by atoms with Crippen molar-refractivity contribution < 1.29 is 4.79 Å². The summed E-state index contributed by atoms with van der Waals surface area (Å²) >= 11 is 0. The molecule has 3 nitrogen and oxygen atoms in total. The standard InChI is InChI=1S/C23H26N2O/c1-16-8-10-21(11-9-16)25-18(3)13-22(19(25)4)23(26)15-24-14-20-7-5-6-17(2)12-20/h5-13,24H,14-15H2,1-4H3. The molecule has 0 atom stereocenters. The predicted molar refractivity (Wildman–Crippen MR) is 107 cm³/mol. The maximum atomic E-state index is 12.7. The Morgan fingerprint density at radius 1 is 0.923 bits per heavy atom. The van der Waals surface area contributed by atoms with Crippen LogP contribution in [0.4, 0.5) is 0 Å². The summed E-state index contributed by atoms with van der Waals surface area (Å²) in [6.45, 7) is 9.25. The molecule has 0 spiro atoms. The molecule has 3 aromatic rings. The van der Waals surface area contributed by atoms with E-state index in [4.69, 9.17) is 0 Å². The molecule has 0 fully saturated rings. The van der Waals surface area contributed by atoms with E-state index in [1.54, 1.807) is 0 Å². The zero-order valence-electron chi connectivity index (χ0n) is 16.0. The van der Waals surface area contributed by atoms with Gasteiger partial charge in [-0.05, 0) is 51.5 Å². The molecule has 134 valence electrons. The van der Waals surface area contributed by atoms with Crippen LogP contribution in [0.1, 0.15) is 38.4 Å². The van der Waals surface area contributed by atoms with Crippen LogP contribution in [0.5, 0.6) is 0 Å². The highest BCUT2D eigenvalue weighted by Gasteiger charge is 2.16. The summed E-state index contributed by atoms with van der Waals surface area (Å²) in [5.41, 5.74) is 7.62. The van der Waals surface area contributed by atoms with E-state index >= 15 is 0 Å². The minimum atomic E-state index is 0.129. The minimum Gasteiger partial charge on any atom is -0.318 e. The van der Waals surface area contributed by atoms with Gasteiger partial charge in [0.25, 0.3) is 0 Å². The lowest BCUT2D eigenvalue weighted by molar-refractivity contribution is 0.0990. The molecule has 0 bridgehead atoms. The maximum Gasteiger partial charge on any atom is 0.178 e. The van der Waals surface area contributed by atoms with Gasteiger partial charge in [-0.2, -0.15) is 0 Å². The normalized spacial score (nSPS) is 10.9. The van der Waals surface area contributed by atoms with Gasteiger partial charge in [0.1, 0.15) is 0 Å². The van der Waals surface area contributed by atoms with Gasteiger partial charge in [-0.15, -0.1) is 0 Å². The molecule has 0 aliphatic heterocycles. The lowest BCUT2D eigenvalue weighted by Crippen LogP contribution is -2.23. The third-order valence-corrected chi connectivity index (χ3v) is 4.72. The first-order chi connectivity index (χ1) is 12.5. The van der Waals surface area contributed by atoms with Gasteiger partial charge in [-0.1, -0.05) is 47.5 Å². The number of ketones is 1. The highest BCUT2D eigenvalue weighted by atomic mass is 16.1. The number of carbonyl (C=O) groups excluding carboxylic acids is 1. The van der Waals surface area contributed by atoms with Crippen LogP contribution in [-0.4, -0.2) is 16.9 Å². The first-order valence-corrected chi connectivity index (χ1v) is 9.01. The zero-order valence-corrected chi connectivity index (χ0v) is 16.0. The van der Waals surface area contributed by atoms with Gasteiger partial charge < -0.3 is 9.88 Å². The molecule has 0 saturated carbocycles. The molecule has 0 amide bonds. The maximum absolute atomic E-state index is 12.7. The van der Waals surface area contributed by atoms with Gasteiger partial charge in [0.2, 0.25) is 0 Å². The summed E-state index contributed by atoms with van der Waals surface area (Å²) in [6.07, 6.45) is 0. The van der Waals surface area contributed by atoms with E-state index < -0.39 is 0 Å². The van der Waals surface area contributed by atoms with Crippen molar-refractivity contribution in [3.8, 4) is 5.69 Å². The molecule has 0 unspecified atom stereocenters. The summed E-state index contributed by atoms with van der Waals surface area (Å²) < 4.78 is 2.15. The van der Waals surface area contributed by atoms with E-state index in [-0.39, 0.29) is 5.78 Å². The van der Waals surface area contributed by atoms with E-state index in [1.165, 1.54) is 16.7 Å². The average Bonchev–Trinajstić information content (AvgIpc) is 2.90. The fourth-order valence-electron chi connectivity index (χ4n) is 3.37. The lowest BCUT2D eigenvalue weighted by atomic mass is 10.1. The largest absolute Gasteiger partial charge is 0.318 e. The van der Waals surface area contributed by atoms with Crippen molar-refractivity contribution in [2.24, 2.45) is 0 Å². The van der Waals surface area contributed by atoms with Crippen molar-refractivity contribution in [2.75, 3.05) is 6.54 Å². The Labute approximate surface area is 155 Å². The van der Waals surface area contributed by atoms with Crippen LogP contribution in [0.2, 0.25) is 0 Å². The van der Waals surface area contributed by atoms with Gasteiger partial charge in [0, 0.05) is 29.2 Å². The topological polar surface area (TPSA) is 34.0 Å². The number of benzene rings is 2. The van der Waals surface area contributed by atoms with E-state index in [0.717, 1.165) is 22.6 Å². The van der Waals surface area contributed by atoms with E-state index in [9.17, 15) is 4.79 Å². The molecule has 0 saturated heterocycles. The molecule has 0 aliphatic rings. The smallest absolute Gasteiger partial charge is 0.178 e. The van der Waals surface area contributed by atoms with Crippen LogP contribution in [0.15, 0.2) is 54.6 Å². The van der Waals surface area contributed by atoms with E-state index in [0.29, 0.717) is 13.1 Å². The first kappa shape index (κ1) is 18.2. The Kier molecular flexibility index (Phi) is 5.38. The Hall–Kier alpha value is -2.65. The highest BCUT2D eigenvalue weighted by molar-refractivity contribution is 5.99. The number of aryl methyl sites for hydroxylation is 3. The molecular formula is C23H26N2O. The number of nitrogens with zero attached hydrogens (tertiary/aromatic N) is 1. The molecule has 1 aromatic heterocycles. The number of hydrogen-bond acceptors (Lipinski definition) is 2. The van der Waals surface area contributed by atoms with Crippen LogP contribution < -0.4 is 5.32 Å². The van der Waals surface area contributed by atoms with Gasteiger partial charge in [-0.25, -0.2) is 0 Å². The van der Waals surface area contributed by atoms with Crippen LogP contribution in [-0.2, 0) is 6.54 Å². The molecule has 3 heteroatoms. The molecule has 2 aromatic carbocycles. The Bertz CT molecular complexity index is 920. The quantitative estimate of drug-likeness (QED) is 0.657. The highest BCUT2D eigenvalue weighted by Crippen LogP contribution is 2.21. The van der Waals surface area contributed by atoms with Crippen LogP contribution in [0, 0.1) is 27.7 Å². The third kappa shape index (κ3) is 3.94. The third-order valence-electron chi connectivity index (χ3n) is 4.72. The van der Waals surface area contributed by atoms with Crippen molar-refractivity contribution >= 4 is 5.78 Å². The number of aromatic nitrogens is 1. The summed E-state index contributed by atoms with van der Waals surface area (Å²) in [6, 6.07) is 18.7. The monoisotopic (exact) mass is 346 g/mol. The number of carbonyl (C=O) groups is 1. The summed E-state index contributed by atoms with van der Waals surface area (Å²) in [5, 5.41) is 3.27. The van der Waals surface area contributed by atoms with Gasteiger partial charge >= 0.3 is 0 Å². The summed E-state index contributed by atoms with van der Waals surface area (Å²) in [4.78, 5) is 12.7. The average molecular weight is 346 g/mol. The van der Waals surface area contributed by atoms with Crippen molar-refractivity contribution in [3.05, 3.63) is 88.2 Å². The molecule has 1 N–H and O–H groups in total. The number of hydrogen-bond donors (Lipinski definition) is 1. The number of Topliss-reactive ketones (excluding diaryl/α,β-unsaturated/α-hetero) is 1. The van der Waals surface area contributed by atoms with Crippen LogP contribution in [0.3, 0.4) is 0 Å². The molecule has 26 heavy (non-hydrogen) atoms. The Morgan fingerprint density at radius 3 is 2.35 bits per heavy atom. The molecule has 0 aliphatic carbocycles. The molecule has 1 heterocycles. The second-order valence-electron chi connectivity index (χ2n) is 6.97. The van der Waals surface area contributed by atoms with Crippen molar-refractivity contribution in [2.45, 2.75) is 34.2 Å². The minimum absolute atomic E-state index is 0.129. The number of nitrogens with one attached hydrogen (secondary N) is 1. The molecule has 3 rings (SSSR count). The summed E-state index contributed by atoms with van der Waals surface area (Å²) in [7, 11) is 0. The van der Waals surface area contributed by atoms with Gasteiger partial charge in [0.15, 0.2) is 5.78 Å². The second kappa shape index (κ2) is 7.71.